The van der Waals surface area contributed by atoms with Crippen LogP contribution in [-0.2, 0) is 19.4 Å². The van der Waals surface area contributed by atoms with E-state index in [2.05, 4.69) is 10.2 Å². The lowest BCUT2D eigenvalue weighted by Crippen LogP contribution is -2.50. The van der Waals surface area contributed by atoms with Crippen molar-refractivity contribution in [2.75, 3.05) is 42.6 Å². The number of hydrogen-bond acceptors (Lipinski definition) is 7. The Labute approximate surface area is 190 Å². The van der Waals surface area contributed by atoms with Crippen molar-refractivity contribution >= 4 is 27.5 Å². The van der Waals surface area contributed by atoms with Crippen molar-refractivity contribution in [2.24, 2.45) is 0 Å². The summed E-state index contributed by atoms with van der Waals surface area (Å²) in [5, 5.41) is 2.42. The third-order valence-electron chi connectivity index (χ3n) is 5.46. The van der Waals surface area contributed by atoms with Gasteiger partial charge in [0.1, 0.15) is 17.1 Å². The lowest BCUT2D eigenvalue weighted by atomic mass is 10.2. The Morgan fingerprint density at radius 1 is 1.12 bits per heavy atom. The van der Waals surface area contributed by atoms with Crippen LogP contribution < -0.4 is 15.0 Å². The smallest absolute Gasteiger partial charge is 0.407 e. The first-order valence-corrected chi connectivity index (χ1v) is 12.8. The summed E-state index contributed by atoms with van der Waals surface area (Å²) < 4.78 is 35.3. The minimum atomic E-state index is -3.64. The number of nitrogens with zero attached hydrogens (tertiary/aromatic N) is 2. The maximum atomic E-state index is 12.7. The van der Waals surface area contributed by atoms with Crippen molar-refractivity contribution in [3.8, 4) is 5.75 Å². The van der Waals surface area contributed by atoms with Crippen molar-refractivity contribution in [2.45, 2.75) is 51.8 Å². The predicted molar refractivity (Wildman–Crippen MR) is 122 cm³/mol. The standard InChI is InChI=1S/C22H33N3O6S/c1-5-30-19-8-6-16(7-9-19)24-13-18-12-17(24)14-25(18)20(26)15-32(28,29)11-10-23-21(27)31-22(2,3)4/h6-9,17-18H,5,10-15H2,1-4H3,(H,23,27)/t17-,18-/m0/s1. The molecule has 2 atom stereocenters. The van der Waals surface area contributed by atoms with Gasteiger partial charge >= 0.3 is 6.09 Å². The summed E-state index contributed by atoms with van der Waals surface area (Å²) in [5.41, 5.74) is 0.418. The van der Waals surface area contributed by atoms with Gasteiger partial charge < -0.3 is 24.6 Å². The van der Waals surface area contributed by atoms with E-state index in [-0.39, 0.29) is 30.3 Å². The number of carbonyl (C=O) groups is 2. The number of rotatable bonds is 8. The second-order valence-electron chi connectivity index (χ2n) is 9.19. The van der Waals surface area contributed by atoms with Crippen LogP contribution in [0.15, 0.2) is 24.3 Å². The molecule has 2 bridgehead atoms. The van der Waals surface area contributed by atoms with E-state index in [9.17, 15) is 18.0 Å². The minimum Gasteiger partial charge on any atom is -0.494 e. The second kappa shape index (κ2) is 9.56. The van der Waals surface area contributed by atoms with Crippen molar-refractivity contribution in [3.05, 3.63) is 24.3 Å². The van der Waals surface area contributed by atoms with E-state index in [1.54, 1.807) is 25.7 Å². The zero-order chi connectivity index (χ0) is 23.5. The molecule has 2 aliphatic rings. The van der Waals surface area contributed by atoms with Gasteiger partial charge in [-0.15, -0.1) is 0 Å². The molecule has 2 amide bonds. The largest absolute Gasteiger partial charge is 0.494 e. The van der Waals surface area contributed by atoms with Gasteiger partial charge in [-0.1, -0.05) is 0 Å². The predicted octanol–water partition coefficient (Wildman–Crippen LogP) is 1.81. The highest BCUT2D eigenvalue weighted by molar-refractivity contribution is 7.92. The SMILES string of the molecule is CCOc1ccc(N2C[C@@H]3C[C@H]2CN3C(=O)CS(=O)(=O)CCNC(=O)OC(C)(C)C)cc1. The first-order chi connectivity index (χ1) is 15.0. The Bertz CT molecular complexity index is 926. The van der Waals surface area contributed by atoms with Gasteiger partial charge in [-0.05, 0) is 58.4 Å². The van der Waals surface area contributed by atoms with Crippen LogP contribution in [-0.4, -0.2) is 80.7 Å². The number of carbonyl (C=O) groups excluding carboxylic acids is 2. The highest BCUT2D eigenvalue weighted by Crippen LogP contribution is 2.35. The Morgan fingerprint density at radius 2 is 1.81 bits per heavy atom. The molecule has 1 aromatic carbocycles. The van der Waals surface area contributed by atoms with Gasteiger partial charge in [0.2, 0.25) is 5.91 Å². The van der Waals surface area contributed by atoms with Crippen LogP contribution in [0.3, 0.4) is 0 Å². The van der Waals surface area contributed by atoms with Crippen molar-refractivity contribution < 1.29 is 27.5 Å². The summed E-state index contributed by atoms with van der Waals surface area (Å²) in [6.07, 6.45) is 0.157. The van der Waals surface area contributed by atoms with Crippen LogP contribution in [0.1, 0.15) is 34.1 Å². The number of nitrogens with one attached hydrogen (secondary N) is 1. The average Bonchev–Trinajstić information content (AvgIpc) is 3.28. The van der Waals surface area contributed by atoms with Crippen LogP contribution in [0.2, 0.25) is 0 Å². The van der Waals surface area contributed by atoms with Crippen LogP contribution in [0.4, 0.5) is 10.5 Å². The van der Waals surface area contributed by atoms with Crippen LogP contribution in [0.5, 0.6) is 5.75 Å². The molecule has 32 heavy (non-hydrogen) atoms. The maximum absolute atomic E-state index is 12.7. The Kier molecular flexibility index (Phi) is 7.22. The number of hydrogen-bond donors (Lipinski definition) is 1. The van der Waals surface area contributed by atoms with E-state index < -0.39 is 27.3 Å². The molecule has 0 unspecified atom stereocenters. The molecular formula is C22H33N3O6S. The zero-order valence-corrected chi connectivity index (χ0v) is 20.0. The van der Waals surface area contributed by atoms with E-state index >= 15 is 0 Å². The number of piperazine rings is 1. The van der Waals surface area contributed by atoms with Gasteiger partial charge in [0.25, 0.3) is 0 Å². The normalized spacial score (nSPS) is 20.4. The average molecular weight is 468 g/mol. The molecule has 1 aromatic rings. The Hall–Kier alpha value is -2.49. The van der Waals surface area contributed by atoms with E-state index in [0.717, 1.165) is 17.9 Å². The fourth-order valence-corrected chi connectivity index (χ4v) is 5.25. The highest BCUT2D eigenvalue weighted by atomic mass is 32.2. The van der Waals surface area contributed by atoms with Crippen molar-refractivity contribution in [3.63, 3.8) is 0 Å². The number of amides is 2. The molecule has 0 aromatic heterocycles. The minimum absolute atomic E-state index is 0.00848. The lowest BCUT2D eigenvalue weighted by Gasteiger charge is -2.35. The zero-order valence-electron chi connectivity index (χ0n) is 19.2. The molecule has 1 N–H and O–H groups in total. The fourth-order valence-electron chi connectivity index (χ4n) is 4.16. The summed E-state index contributed by atoms with van der Waals surface area (Å²) >= 11 is 0. The van der Waals surface area contributed by atoms with Gasteiger partial charge in [-0.25, -0.2) is 13.2 Å². The third-order valence-corrected chi connectivity index (χ3v) is 6.98. The van der Waals surface area contributed by atoms with Gasteiger partial charge in [0.05, 0.1) is 18.4 Å². The van der Waals surface area contributed by atoms with E-state index in [4.69, 9.17) is 9.47 Å². The molecule has 2 fully saturated rings. The van der Waals surface area contributed by atoms with Gasteiger partial charge in [-0.2, -0.15) is 0 Å². The summed E-state index contributed by atoms with van der Waals surface area (Å²) in [6, 6.07) is 8.09. The number of likely N-dealkylation sites (tertiary alicyclic amines) is 1. The first-order valence-electron chi connectivity index (χ1n) is 10.9. The molecule has 0 radical (unpaired) electrons. The van der Waals surface area contributed by atoms with E-state index in [1.807, 2.05) is 31.2 Å². The van der Waals surface area contributed by atoms with Crippen LogP contribution >= 0.6 is 0 Å². The van der Waals surface area contributed by atoms with Gasteiger partial charge in [-0.3, -0.25) is 4.79 Å². The maximum Gasteiger partial charge on any atom is 0.407 e. The van der Waals surface area contributed by atoms with E-state index in [1.165, 1.54) is 0 Å². The molecule has 3 rings (SSSR count). The van der Waals surface area contributed by atoms with Crippen molar-refractivity contribution in [1.29, 1.82) is 0 Å². The first kappa shape index (κ1) is 24.2. The number of fused-ring (bicyclic) bond motifs is 2. The topological polar surface area (TPSA) is 105 Å². The molecule has 0 aliphatic carbocycles. The van der Waals surface area contributed by atoms with Gasteiger partial charge in [0.15, 0.2) is 9.84 Å². The fraction of sp³-hybridized carbons (Fsp3) is 0.636. The monoisotopic (exact) mass is 467 g/mol. The highest BCUT2D eigenvalue weighted by Gasteiger charge is 2.45. The Morgan fingerprint density at radius 3 is 2.38 bits per heavy atom. The molecule has 10 heteroatoms. The molecule has 178 valence electrons. The second-order valence-corrected chi connectivity index (χ2v) is 11.4. The number of benzene rings is 1. The summed E-state index contributed by atoms with van der Waals surface area (Å²) in [7, 11) is -3.64. The molecule has 2 aliphatic heterocycles. The molecule has 9 nitrogen and oxygen atoms in total. The number of anilines is 1. The number of alkyl carbamates (subject to hydrolysis) is 1. The molecule has 2 saturated heterocycles. The molecule has 0 spiro atoms. The summed E-state index contributed by atoms with van der Waals surface area (Å²) in [4.78, 5) is 28.3. The molecular weight excluding hydrogens is 434 g/mol. The van der Waals surface area contributed by atoms with Crippen molar-refractivity contribution in [1.82, 2.24) is 10.2 Å². The lowest BCUT2D eigenvalue weighted by molar-refractivity contribution is -0.129. The van der Waals surface area contributed by atoms with Crippen LogP contribution in [0, 0.1) is 0 Å². The summed E-state index contributed by atoms with van der Waals surface area (Å²) in [5.74, 6) is -0.405. The van der Waals surface area contributed by atoms with Crippen LogP contribution in [0.25, 0.3) is 0 Å². The molecule has 0 saturated carbocycles. The number of sulfone groups is 1. The van der Waals surface area contributed by atoms with Gasteiger partial charge in [0, 0.05) is 31.4 Å². The number of ether oxygens (including phenoxy) is 2. The molecule has 2 heterocycles. The van der Waals surface area contributed by atoms with E-state index in [0.29, 0.717) is 19.7 Å². The summed E-state index contributed by atoms with van der Waals surface area (Å²) in [6.45, 7) is 8.84. The quantitative estimate of drug-likeness (QED) is 0.622. The Balaban J connectivity index is 1.47. The third kappa shape index (κ3) is 6.27.